The van der Waals surface area contributed by atoms with E-state index in [1.165, 1.54) is 0 Å². The molecule has 0 aromatic heterocycles. The number of carbonyl (C=O) groups is 2. The van der Waals surface area contributed by atoms with Gasteiger partial charge in [-0.25, -0.2) is 13.6 Å². The van der Waals surface area contributed by atoms with Gasteiger partial charge in [-0.05, 0) is 11.6 Å². The fourth-order valence-corrected chi connectivity index (χ4v) is 2.20. The summed E-state index contributed by atoms with van der Waals surface area (Å²) >= 11 is 0. The number of halogens is 2. The summed E-state index contributed by atoms with van der Waals surface area (Å²) < 4.78 is 32.2. The van der Waals surface area contributed by atoms with Crippen LogP contribution in [0.1, 0.15) is 27.6 Å². The van der Waals surface area contributed by atoms with Gasteiger partial charge in [-0.3, -0.25) is 4.79 Å². The van der Waals surface area contributed by atoms with Crippen molar-refractivity contribution in [3.63, 3.8) is 0 Å². The lowest BCUT2D eigenvalue weighted by Crippen LogP contribution is -2.36. The van der Waals surface area contributed by atoms with E-state index in [0.29, 0.717) is 0 Å². The van der Waals surface area contributed by atoms with Crippen molar-refractivity contribution in [3.05, 3.63) is 70.8 Å². The number of nitrogens with one attached hydrogen (secondary N) is 1. The topological polar surface area (TPSA) is 95.9 Å². The Kier molecular flexibility index (Phi) is 6.76. The predicted octanol–water partition coefficient (Wildman–Crippen LogP) is 2.10. The van der Waals surface area contributed by atoms with Crippen LogP contribution in [0.15, 0.2) is 42.5 Å². The van der Waals surface area contributed by atoms with Gasteiger partial charge in [0.05, 0.1) is 5.56 Å². The Labute approximate surface area is 148 Å². The Morgan fingerprint density at radius 2 is 1.85 bits per heavy atom. The van der Waals surface area contributed by atoms with Crippen LogP contribution in [-0.2, 0) is 11.3 Å². The van der Waals surface area contributed by atoms with Crippen molar-refractivity contribution >= 4 is 12.4 Å². The molecule has 2 unspecified atom stereocenters. The molecule has 0 aliphatic heterocycles. The number of hydrogen-bond donors (Lipinski definition) is 3. The minimum atomic E-state index is -1.77. The molecule has 0 saturated heterocycles. The summed E-state index contributed by atoms with van der Waals surface area (Å²) in [5.41, 5.74) is -0.539. The molecule has 138 valence electrons. The van der Waals surface area contributed by atoms with Crippen LogP contribution in [0, 0.1) is 11.6 Å². The van der Waals surface area contributed by atoms with Crippen molar-refractivity contribution in [1.29, 1.82) is 0 Å². The number of ether oxygens (including phenoxy) is 1. The molecule has 0 saturated carbocycles. The van der Waals surface area contributed by atoms with Gasteiger partial charge in [0.25, 0.3) is 0 Å². The van der Waals surface area contributed by atoms with Gasteiger partial charge in [-0.1, -0.05) is 36.4 Å². The Hall–Kier alpha value is -2.84. The second-order valence-electron chi connectivity index (χ2n) is 5.44. The fourth-order valence-electron chi connectivity index (χ4n) is 2.20. The molecule has 0 radical (unpaired) electrons. The highest BCUT2D eigenvalue weighted by molar-refractivity contribution is 5.76. The highest BCUT2D eigenvalue weighted by Gasteiger charge is 2.25. The molecule has 0 aliphatic rings. The van der Waals surface area contributed by atoms with Crippen LogP contribution in [0.5, 0.6) is 0 Å². The first-order valence-corrected chi connectivity index (χ1v) is 7.67. The monoisotopic (exact) mass is 365 g/mol. The van der Waals surface area contributed by atoms with Crippen LogP contribution in [-0.4, -0.2) is 35.2 Å². The maximum atomic E-state index is 14.0. The Morgan fingerprint density at radius 3 is 2.50 bits per heavy atom. The standard InChI is InChI=1S/C18H17F2NO5/c19-14-7-6-12(16(20)13(14)9-22)17(24)15(23)8-21-18(25)26-10-11-4-2-1-3-5-11/h1-7,9,15,17,23-24H,8,10H2,(H,21,25). The van der Waals surface area contributed by atoms with Crippen LogP contribution in [0.2, 0.25) is 0 Å². The van der Waals surface area contributed by atoms with Crippen LogP contribution < -0.4 is 5.32 Å². The summed E-state index contributed by atoms with van der Waals surface area (Å²) in [5.74, 6) is -2.34. The van der Waals surface area contributed by atoms with E-state index in [1.54, 1.807) is 24.3 Å². The van der Waals surface area contributed by atoms with E-state index in [1.807, 2.05) is 6.07 Å². The second-order valence-corrected chi connectivity index (χ2v) is 5.44. The average Bonchev–Trinajstić information content (AvgIpc) is 2.65. The predicted molar refractivity (Wildman–Crippen MR) is 87.3 cm³/mol. The van der Waals surface area contributed by atoms with E-state index in [0.717, 1.165) is 17.7 Å². The van der Waals surface area contributed by atoms with E-state index in [-0.39, 0.29) is 12.9 Å². The molecule has 26 heavy (non-hydrogen) atoms. The molecule has 0 aliphatic carbocycles. The molecule has 2 aromatic rings. The quantitative estimate of drug-likeness (QED) is 0.653. The summed E-state index contributed by atoms with van der Waals surface area (Å²) in [6, 6.07) is 10.6. The SMILES string of the molecule is O=Cc1c(F)ccc(C(O)C(O)CNC(=O)OCc2ccccc2)c1F. The molecule has 0 fully saturated rings. The lowest BCUT2D eigenvalue weighted by atomic mass is 10.0. The first-order chi connectivity index (χ1) is 12.4. The molecule has 1 amide bonds. The summed E-state index contributed by atoms with van der Waals surface area (Å²) in [4.78, 5) is 22.3. The van der Waals surface area contributed by atoms with Crippen molar-refractivity contribution < 1.29 is 33.3 Å². The summed E-state index contributed by atoms with van der Waals surface area (Å²) in [6.45, 7) is -0.428. The first-order valence-electron chi connectivity index (χ1n) is 7.67. The maximum absolute atomic E-state index is 14.0. The number of carbonyl (C=O) groups excluding carboxylic acids is 2. The van der Waals surface area contributed by atoms with Gasteiger partial charge >= 0.3 is 6.09 Å². The third-order valence-electron chi connectivity index (χ3n) is 3.63. The van der Waals surface area contributed by atoms with Gasteiger partial charge in [0.15, 0.2) is 6.29 Å². The molecular weight excluding hydrogens is 348 g/mol. The smallest absolute Gasteiger partial charge is 0.407 e. The van der Waals surface area contributed by atoms with Crippen LogP contribution >= 0.6 is 0 Å². The van der Waals surface area contributed by atoms with E-state index in [2.05, 4.69) is 5.32 Å². The van der Waals surface area contributed by atoms with E-state index >= 15 is 0 Å². The lowest BCUT2D eigenvalue weighted by molar-refractivity contribution is 0.0163. The van der Waals surface area contributed by atoms with E-state index in [9.17, 15) is 28.6 Å². The minimum absolute atomic E-state index is 0.0145. The van der Waals surface area contributed by atoms with Gasteiger partial charge in [0.2, 0.25) is 0 Å². The number of benzene rings is 2. The fraction of sp³-hybridized carbons (Fsp3) is 0.222. The van der Waals surface area contributed by atoms with Crippen LogP contribution in [0.25, 0.3) is 0 Å². The number of aliphatic hydroxyl groups excluding tert-OH is 2. The number of amides is 1. The number of aldehydes is 1. The number of hydrogen-bond acceptors (Lipinski definition) is 5. The number of rotatable bonds is 7. The van der Waals surface area contributed by atoms with Crippen LogP contribution in [0.4, 0.5) is 13.6 Å². The van der Waals surface area contributed by atoms with Crippen molar-refractivity contribution in [2.45, 2.75) is 18.8 Å². The zero-order valence-electron chi connectivity index (χ0n) is 13.6. The Bertz CT molecular complexity index is 770. The molecule has 2 rings (SSSR count). The molecule has 0 heterocycles. The lowest BCUT2D eigenvalue weighted by Gasteiger charge is -2.19. The van der Waals surface area contributed by atoms with Gasteiger partial charge in [-0.15, -0.1) is 0 Å². The number of aliphatic hydroxyl groups is 2. The molecule has 2 aromatic carbocycles. The largest absolute Gasteiger partial charge is 0.445 e. The highest BCUT2D eigenvalue weighted by atomic mass is 19.1. The highest BCUT2D eigenvalue weighted by Crippen LogP contribution is 2.23. The molecule has 6 nitrogen and oxygen atoms in total. The Balaban J connectivity index is 1.90. The second kappa shape index (κ2) is 9.02. The third kappa shape index (κ3) is 4.84. The van der Waals surface area contributed by atoms with Crippen molar-refractivity contribution in [2.24, 2.45) is 0 Å². The van der Waals surface area contributed by atoms with Gasteiger partial charge in [0.1, 0.15) is 30.4 Å². The Morgan fingerprint density at radius 1 is 1.15 bits per heavy atom. The molecular formula is C18H17F2NO5. The normalized spacial score (nSPS) is 12.9. The molecule has 0 spiro atoms. The minimum Gasteiger partial charge on any atom is -0.445 e. The molecule has 0 bridgehead atoms. The molecule has 8 heteroatoms. The average molecular weight is 365 g/mol. The number of alkyl carbamates (subject to hydrolysis) is 1. The van der Waals surface area contributed by atoms with Gasteiger partial charge in [-0.2, -0.15) is 0 Å². The van der Waals surface area contributed by atoms with Crippen molar-refractivity contribution in [2.75, 3.05) is 6.54 Å². The summed E-state index contributed by atoms with van der Waals surface area (Å²) in [7, 11) is 0. The van der Waals surface area contributed by atoms with Crippen LogP contribution in [0.3, 0.4) is 0 Å². The zero-order chi connectivity index (χ0) is 19.1. The van der Waals surface area contributed by atoms with E-state index < -0.39 is 47.6 Å². The van der Waals surface area contributed by atoms with Gasteiger partial charge in [0, 0.05) is 12.1 Å². The first kappa shape index (κ1) is 19.5. The van der Waals surface area contributed by atoms with Crippen molar-refractivity contribution in [1.82, 2.24) is 5.32 Å². The summed E-state index contributed by atoms with van der Waals surface area (Å²) in [5, 5.41) is 22.1. The maximum Gasteiger partial charge on any atom is 0.407 e. The van der Waals surface area contributed by atoms with Gasteiger partial charge < -0.3 is 20.3 Å². The summed E-state index contributed by atoms with van der Waals surface area (Å²) in [6.07, 6.45) is -4.23. The third-order valence-corrected chi connectivity index (χ3v) is 3.63. The van der Waals surface area contributed by atoms with Crippen molar-refractivity contribution in [3.8, 4) is 0 Å². The van der Waals surface area contributed by atoms with E-state index in [4.69, 9.17) is 4.74 Å². The zero-order valence-corrected chi connectivity index (χ0v) is 13.6. The molecule has 3 N–H and O–H groups in total. The molecule has 2 atom stereocenters.